The first kappa shape index (κ1) is 14.6. The van der Waals surface area contributed by atoms with Crippen molar-refractivity contribution in [3.05, 3.63) is 29.3 Å². The highest BCUT2D eigenvalue weighted by Gasteiger charge is 2.36. The maximum Gasteiger partial charge on any atom is 0.418 e. The number of hydrogen-bond donors (Lipinski definition) is 2. The van der Waals surface area contributed by atoms with Gasteiger partial charge < -0.3 is 15.1 Å². The number of benzene rings is 1. The van der Waals surface area contributed by atoms with Gasteiger partial charge in [-0.1, -0.05) is 0 Å². The van der Waals surface area contributed by atoms with Crippen LogP contribution >= 0.6 is 0 Å². The molecule has 1 saturated heterocycles. The Balaban J connectivity index is 2.39. The van der Waals surface area contributed by atoms with E-state index in [0.29, 0.717) is 32.0 Å². The topological polar surface area (TPSA) is 60.8 Å². The number of nitrogens with zero attached hydrogens (tertiary/aromatic N) is 1. The Morgan fingerprint density at radius 1 is 1.25 bits per heavy atom. The molecular weight excluding hydrogens is 275 g/mol. The van der Waals surface area contributed by atoms with Gasteiger partial charge in [0.25, 0.3) is 0 Å². The minimum atomic E-state index is -4.61. The zero-order valence-corrected chi connectivity index (χ0v) is 10.5. The average Bonchev–Trinajstić information content (AvgIpc) is 2.38. The molecule has 1 aliphatic heterocycles. The maximum absolute atomic E-state index is 13.1. The molecule has 4 nitrogen and oxygen atoms in total. The van der Waals surface area contributed by atoms with Crippen LogP contribution in [-0.4, -0.2) is 35.4 Å². The third-order valence-electron chi connectivity index (χ3n) is 3.35. The van der Waals surface area contributed by atoms with Gasteiger partial charge in [0.05, 0.1) is 17.2 Å². The molecule has 0 bridgehead atoms. The summed E-state index contributed by atoms with van der Waals surface area (Å²) in [6.45, 7) is 0.632. The van der Waals surface area contributed by atoms with E-state index in [-0.39, 0.29) is 5.69 Å². The second kappa shape index (κ2) is 5.32. The van der Waals surface area contributed by atoms with Crippen molar-refractivity contribution >= 4 is 11.7 Å². The molecule has 20 heavy (non-hydrogen) atoms. The van der Waals surface area contributed by atoms with Gasteiger partial charge >= 0.3 is 12.1 Å². The van der Waals surface area contributed by atoms with Gasteiger partial charge in [-0.05, 0) is 31.0 Å². The number of carboxylic acids is 1. The monoisotopic (exact) mass is 289 g/mol. The van der Waals surface area contributed by atoms with Crippen LogP contribution < -0.4 is 4.90 Å². The molecule has 0 aromatic heterocycles. The number of rotatable bonds is 2. The van der Waals surface area contributed by atoms with Crippen molar-refractivity contribution in [1.82, 2.24) is 0 Å². The minimum absolute atomic E-state index is 0.0330. The predicted molar refractivity (Wildman–Crippen MR) is 65.9 cm³/mol. The number of halogens is 3. The predicted octanol–water partition coefficient (Wildman–Crippen LogP) is 2.36. The summed E-state index contributed by atoms with van der Waals surface area (Å²) in [7, 11) is 0. The Morgan fingerprint density at radius 3 is 2.35 bits per heavy atom. The smallest absolute Gasteiger partial charge is 0.418 e. The Bertz CT molecular complexity index is 508. The number of piperidine rings is 1. The molecule has 110 valence electrons. The van der Waals surface area contributed by atoms with Crippen molar-refractivity contribution < 1.29 is 28.2 Å². The van der Waals surface area contributed by atoms with Crippen LogP contribution in [0.4, 0.5) is 18.9 Å². The third kappa shape index (κ3) is 3.04. The van der Waals surface area contributed by atoms with Crippen molar-refractivity contribution in [2.24, 2.45) is 0 Å². The van der Waals surface area contributed by atoms with E-state index in [1.807, 2.05) is 0 Å². The fraction of sp³-hybridized carbons (Fsp3) is 0.462. The zero-order valence-electron chi connectivity index (χ0n) is 10.5. The van der Waals surface area contributed by atoms with Crippen LogP contribution in [0.3, 0.4) is 0 Å². The van der Waals surface area contributed by atoms with Crippen LogP contribution in [0.15, 0.2) is 18.2 Å². The molecule has 1 aliphatic rings. The molecule has 1 aromatic carbocycles. The molecular formula is C13H14F3NO3. The quantitative estimate of drug-likeness (QED) is 0.877. The first-order valence-corrected chi connectivity index (χ1v) is 6.16. The molecule has 0 spiro atoms. The lowest BCUT2D eigenvalue weighted by atomic mass is 10.0. The molecule has 1 aromatic rings. The summed E-state index contributed by atoms with van der Waals surface area (Å²) in [6, 6.07) is 3.00. The number of aromatic carboxylic acids is 1. The van der Waals surface area contributed by atoms with Crippen LogP contribution in [0.2, 0.25) is 0 Å². The number of anilines is 1. The van der Waals surface area contributed by atoms with Gasteiger partial charge in [0.1, 0.15) is 0 Å². The van der Waals surface area contributed by atoms with Gasteiger partial charge in [0.2, 0.25) is 0 Å². The van der Waals surface area contributed by atoms with Crippen molar-refractivity contribution in [2.45, 2.75) is 25.1 Å². The third-order valence-corrected chi connectivity index (χ3v) is 3.35. The van der Waals surface area contributed by atoms with Gasteiger partial charge in [0, 0.05) is 18.8 Å². The highest BCUT2D eigenvalue weighted by Crippen LogP contribution is 2.38. The van der Waals surface area contributed by atoms with Gasteiger partial charge in [-0.2, -0.15) is 13.2 Å². The van der Waals surface area contributed by atoms with E-state index in [4.69, 9.17) is 5.11 Å². The van der Waals surface area contributed by atoms with Crippen LogP contribution in [0.5, 0.6) is 0 Å². The van der Waals surface area contributed by atoms with Crippen LogP contribution in [0.1, 0.15) is 28.8 Å². The van der Waals surface area contributed by atoms with Gasteiger partial charge in [-0.15, -0.1) is 0 Å². The molecule has 0 unspecified atom stereocenters. The first-order chi connectivity index (χ1) is 9.29. The van der Waals surface area contributed by atoms with Gasteiger partial charge in [-0.3, -0.25) is 0 Å². The van der Waals surface area contributed by atoms with E-state index >= 15 is 0 Å². The van der Waals surface area contributed by atoms with Crippen LogP contribution in [0.25, 0.3) is 0 Å². The lowest BCUT2D eigenvalue weighted by Gasteiger charge is -2.33. The number of alkyl halides is 3. The second-order valence-corrected chi connectivity index (χ2v) is 4.75. The second-order valence-electron chi connectivity index (χ2n) is 4.75. The number of aliphatic hydroxyl groups excluding tert-OH is 1. The molecule has 1 fully saturated rings. The van der Waals surface area contributed by atoms with Crippen molar-refractivity contribution in [3.8, 4) is 0 Å². The van der Waals surface area contributed by atoms with Crippen LogP contribution in [-0.2, 0) is 6.18 Å². The summed E-state index contributed by atoms with van der Waals surface area (Å²) in [5.74, 6) is -1.39. The highest BCUT2D eigenvalue weighted by atomic mass is 19.4. The van der Waals surface area contributed by atoms with E-state index < -0.39 is 29.4 Å². The van der Waals surface area contributed by atoms with Crippen molar-refractivity contribution in [2.75, 3.05) is 18.0 Å². The lowest BCUT2D eigenvalue weighted by Crippen LogP contribution is -2.37. The minimum Gasteiger partial charge on any atom is -0.478 e. The standard InChI is InChI=1S/C13H14F3NO3/c14-13(15,16)10-7-8(12(19)20)1-2-11(10)17-5-3-9(18)4-6-17/h1-2,7,9,18H,3-6H2,(H,19,20). The number of carboxylic acid groups (broad SMARTS) is 1. The van der Waals surface area contributed by atoms with Crippen molar-refractivity contribution in [3.63, 3.8) is 0 Å². The fourth-order valence-electron chi connectivity index (χ4n) is 2.28. The van der Waals surface area contributed by atoms with E-state index in [9.17, 15) is 23.1 Å². The SMILES string of the molecule is O=C(O)c1ccc(N2CCC(O)CC2)c(C(F)(F)F)c1. The van der Waals surface area contributed by atoms with E-state index in [1.54, 1.807) is 0 Å². The molecule has 0 aliphatic carbocycles. The molecule has 0 radical (unpaired) electrons. The molecule has 0 amide bonds. The van der Waals surface area contributed by atoms with Crippen molar-refractivity contribution in [1.29, 1.82) is 0 Å². The summed E-state index contributed by atoms with van der Waals surface area (Å²) in [5, 5.41) is 18.2. The number of hydrogen-bond acceptors (Lipinski definition) is 3. The maximum atomic E-state index is 13.1. The van der Waals surface area contributed by atoms with Crippen LogP contribution in [0, 0.1) is 0 Å². The molecule has 0 saturated carbocycles. The van der Waals surface area contributed by atoms with E-state index in [1.165, 1.54) is 11.0 Å². The molecule has 0 atom stereocenters. The Kier molecular flexibility index (Phi) is 3.89. The Morgan fingerprint density at radius 2 is 1.85 bits per heavy atom. The van der Waals surface area contributed by atoms with Gasteiger partial charge in [0.15, 0.2) is 0 Å². The molecule has 7 heteroatoms. The lowest BCUT2D eigenvalue weighted by molar-refractivity contribution is -0.137. The first-order valence-electron chi connectivity index (χ1n) is 6.16. The summed E-state index contributed by atoms with van der Waals surface area (Å²) in [4.78, 5) is 12.3. The Labute approximate surface area is 113 Å². The average molecular weight is 289 g/mol. The van der Waals surface area contributed by atoms with E-state index in [2.05, 4.69) is 0 Å². The number of aliphatic hydroxyl groups is 1. The Hall–Kier alpha value is -1.76. The summed E-state index contributed by atoms with van der Waals surface area (Å²) in [5.41, 5.74) is -1.37. The largest absolute Gasteiger partial charge is 0.478 e. The molecule has 2 N–H and O–H groups in total. The molecule has 2 rings (SSSR count). The number of carbonyl (C=O) groups is 1. The summed E-state index contributed by atoms with van der Waals surface area (Å²) < 4.78 is 39.2. The fourth-order valence-corrected chi connectivity index (χ4v) is 2.28. The summed E-state index contributed by atoms with van der Waals surface area (Å²) in [6.07, 6.45) is -4.30. The zero-order chi connectivity index (χ0) is 14.9. The highest BCUT2D eigenvalue weighted by molar-refractivity contribution is 5.88. The summed E-state index contributed by atoms with van der Waals surface area (Å²) >= 11 is 0. The molecule has 1 heterocycles. The normalized spacial score (nSPS) is 17.3. The van der Waals surface area contributed by atoms with E-state index in [0.717, 1.165) is 6.07 Å². The van der Waals surface area contributed by atoms with Gasteiger partial charge in [-0.25, -0.2) is 4.79 Å².